The van der Waals surface area contributed by atoms with Crippen LogP contribution in [0.1, 0.15) is 16.1 Å². The number of fused-ring (bicyclic) bond motifs is 1. The first-order chi connectivity index (χ1) is 13.9. The Bertz CT molecular complexity index is 1310. The maximum Gasteiger partial charge on any atom is 0.242 e. The van der Waals surface area contributed by atoms with Crippen molar-refractivity contribution in [2.24, 2.45) is 0 Å². The third-order valence-electron chi connectivity index (χ3n) is 4.85. The molecule has 0 radical (unpaired) electrons. The summed E-state index contributed by atoms with van der Waals surface area (Å²) in [7, 11) is -0.692. The Balaban J connectivity index is 1.91. The summed E-state index contributed by atoms with van der Waals surface area (Å²) < 4.78 is 28.0. The number of hydrogen-bond acceptors (Lipinski definition) is 3. The summed E-state index contributed by atoms with van der Waals surface area (Å²) in [5, 5.41) is 0. The molecule has 0 fully saturated rings. The van der Waals surface area contributed by atoms with Gasteiger partial charge in [0.25, 0.3) is 0 Å². The van der Waals surface area contributed by atoms with Crippen LogP contribution in [0.15, 0.2) is 90.0 Å². The van der Waals surface area contributed by atoms with Crippen LogP contribution in [-0.4, -0.2) is 37.0 Å². The summed E-state index contributed by atoms with van der Waals surface area (Å²) in [6.07, 6.45) is 1.84. The highest BCUT2D eigenvalue weighted by Gasteiger charge is 2.23. The molecule has 0 spiro atoms. The van der Waals surface area contributed by atoms with Crippen LogP contribution in [0.3, 0.4) is 0 Å². The van der Waals surface area contributed by atoms with Crippen molar-refractivity contribution in [1.82, 2.24) is 8.71 Å². The maximum absolute atomic E-state index is 13.5. The molecule has 4 rings (SSSR count). The minimum Gasteiger partial charge on any atom is -0.313 e. The van der Waals surface area contributed by atoms with Gasteiger partial charge in [0.1, 0.15) is 5.69 Å². The van der Waals surface area contributed by atoms with Crippen molar-refractivity contribution in [2.45, 2.75) is 4.90 Å². The van der Waals surface area contributed by atoms with Gasteiger partial charge in [0.2, 0.25) is 15.8 Å². The normalized spacial score (nSPS) is 11.8. The molecule has 29 heavy (non-hydrogen) atoms. The number of nitrogens with zero attached hydrogens (tertiary/aromatic N) is 2. The van der Waals surface area contributed by atoms with Gasteiger partial charge in [-0.1, -0.05) is 48.5 Å². The molecule has 2 aromatic heterocycles. The number of aromatic nitrogens is 1. The lowest BCUT2D eigenvalue weighted by atomic mass is 10.0. The zero-order valence-corrected chi connectivity index (χ0v) is 16.9. The third-order valence-corrected chi connectivity index (χ3v) is 6.67. The van der Waals surface area contributed by atoms with Crippen LogP contribution >= 0.6 is 0 Å². The molecule has 0 saturated carbocycles. The van der Waals surface area contributed by atoms with E-state index in [2.05, 4.69) is 0 Å². The predicted molar refractivity (Wildman–Crippen MR) is 114 cm³/mol. The summed E-state index contributed by atoms with van der Waals surface area (Å²) in [5.74, 6) is -0.231. The molecule has 4 aromatic rings. The monoisotopic (exact) mass is 404 g/mol. The number of carbonyl (C=O) groups excluding carboxylic acids is 1. The average Bonchev–Trinajstić information content (AvgIpc) is 3.13. The van der Waals surface area contributed by atoms with Crippen LogP contribution in [0.25, 0.3) is 16.6 Å². The highest BCUT2D eigenvalue weighted by Crippen LogP contribution is 2.30. The highest BCUT2D eigenvalue weighted by molar-refractivity contribution is 7.89. The van der Waals surface area contributed by atoms with Crippen LogP contribution in [0.4, 0.5) is 0 Å². The SMILES string of the molecule is CN(C)S(=O)(=O)c1cccc(C(=O)c2c(-c3ccccc3)cc3ccccn23)c1. The molecule has 0 aliphatic carbocycles. The summed E-state index contributed by atoms with van der Waals surface area (Å²) in [4.78, 5) is 13.6. The molecule has 0 bridgehead atoms. The fraction of sp³-hybridized carbons (Fsp3) is 0.0870. The van der Waals surface area contributed by atoms with Gasteiger partial charge in [-0.05, 0) is 35.9 Å². The molecule has 0 aliphatic heterocycles. The van der Waals surface area contributed by atoms with Crippen molar-refractivity contribution in [1.29, 1.82) is 0 Å². The number of carbonyl (C=O) groups is 1. The Morgan fingerprint density at radius 3 is 2.31 bits per heavy atom. The van der Waals surface area contributed by atoms with Gasteiger partial charge in [-0.25, -0.2) is 12.7 Å². The Hall–Kier alpha value is -3.22. The van der Waals surface area contributed by atoms with Crippen LogP contribution in [0.2, 0.25) is 0 Å². The van der Waals surface area contributed by atoms with Gasteiger partial charge in [-0.3, -0.25) is 4.79 Å². The van der Waals surface area contributed by atoms with Gasteiger partial charge in [-0.15, -0.1) is 0 Å². The molecule has 0 amide bonds. The van der Waals surface area contributed by atoms with E-state index in [9.17, 15) is 13.2 Å². The topological polar surface area (TPSA) is 58.9 Å². The molecule has 0 N–H and O–H groups in total. The Kier molecular flexibility index (Phi) is 4.82. The van der Waals surface area contributed by atoms with Crippen molar-refractivity contribution < 1.29 is 13.2 Å². The third kappa shape index (κ3) is 3.37. The number of pyridine rings is 1. The lowest BCUT2D eigenvalue weighted by Crippen LogP contribution is -2.22. The van der Waals surface area contributed by atoms with Crippen LogP contribution in [-0.2, 0) is 10.0 Å². The van der Waals surface area contributed by atoms with Gasteiger partial charge in [0.15, 0.2) is 0 Å². The van der Waals surface area contributed by atoms with Crippen molar-refractivity contribution >= 4 is 21.3 Å². The Morgan fingerprint density at radius 1 is 0.862 bits per heavy atom. The molecule has 0 aliphatic rings. The number of rotatable bonds is 5. The second-order valence-corrected chi connectivity index (χ2v) is 9.06. The van der Waals surface area contributed by atoms with E-state index in [1.54, 1.807) is 12.1 Å². The van der Waals surface area contributed by atoms with Gasteiger partial charge in [-0.2, -0.15) is 0 Å². The zero-order chi connectivity index (χ0) is 20.6. The minimum atomic E-state index is -3.63. The van der Waals surface area contributed by atoms with Gasteiger partial charge in [0.05, 0.1) is 4.90 Å². The molecule has 5 nitrogen and oxygen atoms in total. The molecule has 2 heterocycles. The Morgan fingerprint density at radius 2 is 1.59 bits per heavy atom. The van der Waals surface area contributed by atoms with Crippen molar-refractivity contribution in [2.75, 3.05) is 14.1 Å². The largest absolute Gasteiger partial charge is 0.313 e. The van der Waals surface area contributed by atoms with Crippen molar-refractivity contribution in [3.63, 3.8) is 0 Å². The van der Waals surface area contributed by atoms with E-state index in [0.29, 0.717) is 11.3 Å². The first-order valence-electron chi connectivity index (χ1n) is 9.12. The van der Waals surface area contributed by atoms with E-state index < -0.39 is 10.0 Å². The minimum absolute atomic E-state index is 0.0930. The standard InChI is InChI=1S/C23H20N2O3S/c1-24(2)29(27,28)20-13-8-11-18(15-20)23(26)22-21(17-9-4-3-5-10-17)16-19-12-6-7-14-25(19)22/h3-16H,1-2H3. The van der Waals surface area contributed by atoms with Gasteiger partial charge < -0.3 is 4.40 Å². The average molecular weight is 404 g/mol. The number of sulfonamides is 1. The van der Waals surface area contributed by atoms with E-state index >= 15 is 0 Å². The number of benzene rings is 2. The number of hydrogen-bond donors (Lipinski definition) is 0. The van der Waals surface area contributed by atoms with Crippen LogP contribution in [0.5, 0.6) is 0 Å². The van der Waals surface area contributed by atoms with Crippen LogP contribution in [0, 0.1) is 0 Å². The van der Waals surface area contributed by atoms with Crippen molar-refractivity contribution in [3.05, 3.63) is 96.3 Å². The molecule has 0 unspecified atom stereocenters. The van der Waals surface area contributed by atoms with E-state index in [0.717, 1.165) is 20.9 Å². The molecule has 2 aromatic carbocycles. The van der Waals surface area contributed by atoms with E-state index in [4.69, 9.17) is 0 Å². The molecule has 6 heteroatoms. The lowest BCUT2D eigenvalue weighted by molar-refractivity contribution is 0.103. The van der Waals surface area contributed by atoms with Gasteiger partial charge >= 0.3 is 0 Å². The maximum atomic E-state index is 13.5. The lowest BCUT2D eigenvalue weighted by Gasteiger charge is -2.12. The fourth-order valence-corrected chi connectivity index (χ4v) is 4.29. The second kappa shape index (κ2) is 7.31. The second-order valence-electron chi connectivity index (χ2n) is 6.91. The number of ketones is 1. The first-order valence-corrected chi connectivity index (χ1v) is 10.6. The molecule has 0 atom stereocenters. The summed E-state index contributed by atoms with van der Waals surface area (Å²) in [6, 6.07) is 23.6. The zero-order valence-electron chi connectivity index (χ0n) is 16.1. The van der Waals surface area contributed by atoms with Crippen LogP contribution < -0.4 is 0 Å². The molecular weight excluding hydrogens is 384 g/mol. The Labute approximate surface area is 169 Å². The summed E-state index contributed by atoms with van der Waals surface area (Å²) >= 11 is 0. The van der Waals surface area contributed by atoms with Crippen molar-refractivity contribution in [3.8, 4) is 11.1 Å². The smallest absolute Gasteiger partial charge is 0.242 e. The quantitative estimate of drug-likeness (QED) is 0.471. The molecular formula is C23H20N2O3S. The fourth-order valence-electron chi connectivity index (χ4n) is 3.34. The highest BCUT2D eigenvalue weighted by atomic mass is 32.2. The molecule has 146 valence electrons. The first kappa shape index (κ1) is 19.1. The van der Waals surface area contributed by atoms with E-state index in [-0.39, 0.29) is 10.7 Å². The summed E-state index contributed by atoms with van der Waals surface area (Å²) in [6.45, 7) is 0. The van der Waals surface area contributed by atoms with E-state index in [1.165, 1.54) is 26.2 Å². The molecule has 0 saturated heterocycles. The summed E-state index contributed by atoms with van der Waals surface area (Å²) in [5.41, 5.74) is 3.46. The van der Waals surface area contributed by atoms with Gasteiger partial charge in [0, 0.05) is 36.9 Å². The predicted octanol–water partition coefficient (Wildman–Crippen LogP) is 4.09. The van der Waals surface area contributed by atoms with E-state index in [1.807, 2.05) is 65.2 Å².